The molecule has 28 heavy (non-hydrogen) atoms. The number of benzene rings is 2. The van der Waals surface area contributed by atoms with E-state index in [9.17, 15) is 23.2 Å². The third-order valence-corrected chi connectivity index (χ3v) is 3.79. The summed E-state index contributed by atoms with van der Waals surface area (Å²) in [6, 6.07) is 8.50. The maximum absolute atomic E-state index is 13.7. The van der Waals surface area contributed by atoms with Crippen molar-refractivity contribution >= 4 is 17.7 Å². The van der Waals surface area contributed by atoms with Crippen LogP contribution >= 0.6 is 0 Å². The van der Waals surface area contributed by atoms with Crippen molar-refractivity contribution in [1.82, 2.24) is 5.32 Å². The van der Waals surface area contributed by atoms with E-state index in [2.05, 4.69) is 5.32 Å². The second kappa shape index (κ2) is 9.59. The zero-order valence-electron chi connectivity index (χ0n) is 15.3. The normalized spacial score (nSPS) is 11.4. The van der Waals surface area contributed by atoms with Crippen LogP contribution in [-0.2, 0) is 14.3 Å². The van der Waals surface area contributed by atoms with E-state index in [0.717, 1.165) is 12.1 Å². The number of Topliss-reactive ketones (excluding diaryl/α,β-unsaturated/α-hetero) is 1. The lowest BCUT2D eigenvalue weighted by Crippen LogP contribution is -2.32. The van der Waals surface area contributed by atoms with Crippen molar-refractivity contribution in [3.8, 4) is 5.75 Å². The molecule has 0 unspecified atom stereocenters. The van der Waals surface area contributed by atoms with Crippen molar-refractivity contribution in [3.05, 3.63) is 65.2 Å². The summed E-state index contributed by atoms with van der Waals surface area (Å²) in [5, 5.41) is 2.45. The minimum atomic E-state index is -0.783. The number of rotatable bonds is 8. The molecule has 0 aliphatic carbocycles. The van der Waals surface area contributed by atoms with Crippen molar-refractivity contribution < 1.29 is 32.6 Å². The molecular weight excluding hydrogens is 372 g/mol. The molecule has 148 valence electrons. The molecule has 2 aromatic rings. The van der Waals surface area contributed by atoms with E-state index in [1.807, 2.05) is 0 Å². The smallest absolute Gasteiger partial charge is 0.344 e. The predicted octanol–water partition coefficient (Wildman–Crippen LogP) is 2.97. The van der Waals surface area contributed by atoms with Gasteiger partial charge < -0.3 is 14.8 Å². The second-order valence-corrected chi connectivity index (χ2v) is 5.98. The van der Waals surface area contributed by atoms with Crippen LogP contribution in [0.15, 0.2) is 42.5 Å². The zero-order valence-corrected chi connectivity index (χ0v) is 15.3. The number of esters is 1. The summed E-state index contributed by atoms with van der Waals surface area (Å²) < 4.78 is 36.6. The first-order chi connectivity index (χ1) is 13.3. The average molecular weight is 391 g/mol. The highest BCUT2D eigenvalue weighted by molar-refractivity contribution is 5.94. The fraction of sp³-hybridized carbons (Fsp3) is 0.250. The highest BCUT2D eigenvalue weighted by Gasteiger charge is 2.15. The van der Waals surface area contributed by atoms with Crippen LogP contribution in [0.4, 0.5) is 8.78 Å². The van der Waals surface area contributed by atoms with E-state index in [0.29, 0.717) is 11.3 Å². The summed E-state index contributed by atoms with van der Waals surface area (Å²) in [5.41, 5.74) is 0.622. The van der Waals surface area contributed by atoms with Crippen molar-refractivity contribution in [2.45, 2.75) is 19.9 Å². The summed E-state index contributed by atoms with van der Waals surface area (Å²) in [7, 11) is 0. The molecule has 2 aromatic carbocycles. The van der Waals surface area contributed by atoms with E-state index in [1.54, 1.807) is 12.1 Å². The van der Waals surface area contributed by atoms with E-state index >= 15 is 0 Å². The molecule has 0 aromatic heterocycles. The number of hydrogen-bond donors (Lipinski definition) is 1. The van der Waals surface area contributed by atoms with Gasteiger partial charge in [0.2, 0.25) is 0 Å². The second-order valence-electron chi connectivity index (χ2n) is 5.98. The first-order valence-electron chi connectivity index (χ1n) is 8.40. The molecule has 0 saturated carbocycles. The number of carbonyl (C=O) groups excluding carboxylic acids is 3. The molecule has 0 radical (unpaired) electrons. The number of ketones is 1. The van der Waals surface area contributed by atoms with Gasteiger partial charge in [-0.3, -0.25) is 9.59 Å². The standard InChI is InChI=1S/C20H19F2NO5/c1-12(17-8-5-15(21)9-18(17)22)23-19(25)10-28-20(26)11-27-16-6-3-14(4-7-16)13(2)24/h3-9,12H,10-11H2,1-2H3,(H,23,25)/t12-/m1/s1. The summed E-state index contributed by atoms with van der Waals surface area (Å²) in [6.45, 7) is 1.96. The van der Waals surface area contributed by atoms with Crippen molar-refractivity contribution in [3.63, 3.8) is 0 Å². The van der Waals surface area contributed by atoms with E-state index in [1.165, 1.54) is 32.0 Å². The van der Waals surface area contributed by atoms with Crippen LogP contribution in [-0.4, -0.2) is 30.9 Å². The number of hydrogen-bond acceptors (Lipinski definition) is 5. The van der Waals surface area contributed by atoms with E-state index in [-0.39, 0.29) is 11.3 Å². The lowest BCUT2D eigenvalue weighted by atomic mass is 10.1. The fourth-order valence-corrected chi connectivity index (χ4v) is 2.33. The van der Waals surface area contributed by atoms with Gasteiger partial charge in [0.1, 0.15) is 17.4 Å². The molecular formula is C20H19F2NO5. The predicted molar refractivity (Wildman–Crippen MR) is 95.8 cm³/mol. The quantitative estimate of drug-likeness (QED) is 0.553. The molecule has 0 spiro atoms. The first kappa shape index (κ1) is 21.0. The Morgan fingerprint density at radius 2 is 1.71 bits per heavy atom. The van der Waals surface area contributed by atoms with Crippen molar-refractivity contribution in [1.29, 1.82) is 0 Å². The van der Waals surface area contributed by atoms with Crippen molar-refractivity contribution in [2.24, 2.45) is 0 Å². The maximum atomic E-state index is 13.7. The molecule has 2 rings (SSSR count). The number of halogens is 2. The number of ether oxygens (including phenoxy) is 2. The Hall–Kier alpha value is -3.29. The summed E-state index contributed by atoms with van der Waals surface area (Å²) in [6.07, 6.45) is 0. The van der Waals surface area contributed by atoms with Crippen LogP contribution in [0.1, 0.15) is 35.8 Å². The SMILES string of the molecule is CC(=O)c1ccc(OCC(=O)OCC(=O)N[C@H](C)c2ccc(F)cc2F)cc1. The van der Waals surface area contributed by atoms with Gasteiger partial charge in [0.05, 0.1) is 6.04 Å². The topological polar surface area (TPSA) is 81.7 Å². The molecule has 0 fully saturated rings. The lowest BCUT2D eigenvalue weighted by molar-refractivity contribution is -0.150. The summed E-state index contributed by atoms with van der Waals surface area (Å²) >= 11 is 0. The minimum Gasteiger partial charge on any atom is -0.482 e. The Balaban J connectivity index is 1.75. The third-order valence-electron chi connectivity index (χ3n) is 3.79. The largest absolute Gasteiger partial charge is 0.482 e. The molecule has 8 heteroatoms. The molecule has 0 saturated heterocycles. The Morgan fingerprint density at radius 1 is 1.04 bits per heavy atom. The minimum absolute atomic E-state index is 0.0910. The van der Waals surface area contributed by atoms with Crippen LogP contribution < -0.4 is 10.1 Å². The highest BCUT2D eigenvalue weighted by atomic mass is 19.1. The third kappa shape index (κ3) is 6.15. The van der Waals surface area contributed by atoms with Crippen LogP contribution in [0.2, 0.25) is 0 Å². The zero-order chi connectivity index (χ0) is 20.7. The van der Waals surface area contributed by atoms with E-state index in [4.69, 9.17) is 9.47 Å². The molecule has 1 N–H and O–H groups in total. The van der Waals surface area contributed by atoms with Gasteiger partial charge in [-0.25, -0.2) is 13.6 Å². The summed E-state index contributed by atoms with van der Waals surface area (Å²) in [4.78, 5) is 34.7. The van der Waals surface area contributed by atoms with Gasteiger partial charge in [0.15, 0.2) is 19.0 Å². The number of nitrogens with one attached hydrogen (secondary N) is 1. The van der Waals surface area contributed by atoms with Gasteiger partial charge >= 0.3 is 5.97 Å². The number of carbonyl (C=O) groups is 3. The Bertz CT molecular complexity index is 867. The maximum Gasteiger partial charge on any atom is 0.344 e. The number of amides is 1. The molecule has 0 bridgehead atoms. The molecule has 1 amide bonds. The Morgan fingerprint density at radius 3 is 2.32 bits per heavy atom. The molecule has 0 aliphatic rings. The van der Waals surface area contributed by atoms with Crippen molar-refractivity contribution in [2.75, 3.05) is 13.2 Å². The molecule has 6 nitrogen and oxygen atoms in total. The fourth-order valence-electron chi connectivity index (χ4n) is 2.33. The van der Waals surface area contributed by atoms with Crippen LogP contribution in [0, 0.1) is 11.6 Å². The average Bonchev–Trinajstić information content (AvgIpc) is 2.64. The van der Waals surface area contributed by atoms with Crippen LogP contribution in [0.5, 0.6) is 5.75 Å². The Labute approximate surface area is 160 Å². The molecule has 0 heterocycles. The van der Waals surface area contributed by atoms with Gasteiger partial charge in [0.25, 0.3) is 5.91 Å². The van der Waals surface area contributed by atoms with Gasteiger partial charge in [0, 0.05) is 17.2 Å². The molecule has 1 atom stereocenters. The lowest BCUT2D eigenvalue weighted by Gasteiger charge is -2.15. The van der Waals surface area contributed by atoms with Gasteiger partial charge in [-0.2, -0.15) is 0 Å². The molecule has 0 aliphatic heterocycles. The van der Waals surface area contributed by atoms with Crippen LogP contribution in [0.3, 0.4) is 0 Å². The first-order valence-corrected chi connectivity index (χ1v) is 8.40. The van der Waals surface area contributed by atoms with E-state index < -0.39 is 42.8 Å². The monoisotopic (exact) mass is 391 g/mol. The highest BCUT2D eigenvalue weighted by Crippen LogP contribution is 2.17. The van der Waals surface area contributed by atoms with Gasteiger partial charge in [-0.1, -0.05) is 6.07 Å². The van der Waals surface area contributed by atoms with Gasteiger partial charge in [-0.05, 0) is 44.2 Å². The summed E-state index contributed by atoms with van der Waals surface area (Å²) in [5.74, 6) is -2.64. The Kier molecular flexibility index (Phi) is 7.20. The van der Waals surface area contributed by atoms with Crippen LogP contribution in [0.25, 0.3) is 0 Å². The van der Waals surface area contributed by atoms with Gasteiger partial charge in [-0.15, -0.1) is 0 Å².